The first-order valence-electron chi connectivity index (χ1n) is 6.04. The summed E-state index contributed by atoms with van der Waals surface area (Å²) >= 11 is 0. The zero-order valence-electron chi connectivity index (χ0n) is 11.1. The number of halogens is 1. The minimum Gasteiger partial charge on any atom is -0.481 e. The molecule has 1 aromatic rings. The molecule has 3 nitrogen and oxygen atoms in total. The Bertz CT molecular complexity index is 422. The number of carbonyl (C=O) groups is 1. The Kier molecular flexibility index (Phi) is 4.84. The number of aliphatic carboxylic acids is 1. The summed E-state index contributed by atoms with van der Waals surface area (Å²) in [5, 5.41) is 9.20. The van der Waals surface area contributed by atoms with E-state index in [0.29, 0.717) is 25.1 Å². The van der Waals surface area contributed by atoms with Gasteiger partial charge in [0.25, 0.3) is 0 Å². The molecule has 0 saturated heterocycles. The van der Waals surface area contributed by atoms with Gasteiger partial charge in [-0.3, -0.25) is 4.79 Å². The van der Waals surface area contributed by atoms with Crippen LogP contribution in [0.3, 0.4) is 0 Å². The minimum absolute atomic E-state index is 0.252. The Balaban J connectivity index is 2.70. The number of nitrogens with zero attached hydrogens (tertiary/aromatic N) is 1. The van der Waals surface area contributed by atoms with E-state index in [1.807, 2.05) is 18.9 Å². The van der Waals surface area contributed by atoms with Gasteiger partial charge in [-0.05, 0) is 26.5 Å². The van der Waals surface area contributed by atoms with Crippen LogP contribution in [0.25, 0.3) is 0 Å². The molecule has 0 amide bonds. The SMILES string of the molecule is CCC(C)(CN(C)Cc1ccccc1F)C(=O)O. The lowest BCUT2D eigenvalue weighted by molar-refractivity contribution is -0.149. The summed E-state index contributed by atoms with van der Waals surface area (Å²) in [6, 6.07) is 6.56. The molecule has 1 aromatic carbocycles. The second-order valence-corrected chi connectivity index (χ2v) is 4.98. The highest BCUT2D eigenvalue weighted by atomic mass is 19.1. The van der Waals surface area contributed by atoms with Crippen molar-refractivity contribution in [1.29, 1.82) is 0 Å². The monoisotopic (exact) mass is 253 g/mol. The first kappa shape index (κ1) is 14.6. The van der Waals surface area contributed by atoms with E-state index in [1.54, 1.807) is 25.1 Å². The van der Waals surface area contributed by atoms with Gasteiger partial charge in [0, 0.05) is 18.7 Å². The van der Waals surface area contributed by atoms with E-state index in [-0.39, 0.29) is 5.82 Å². The molecule has 0 heterocycles. The molecule has 0 spiro atoms. The van der Waals surface area contributed by atoms with E-state index in [1.165, 1.54) is 6.07 Å². The summed E-state index contributed by atoms with van der Waals surface area (Å²) in [7, 11) is 1.81. The molecule has 1 rings (SSSR count). The highest BCUT2D eigenvalue weighted by molar-refractivity contribution is 5.74. The van der Waals surface area contributed by atoms with E-state index < -0.39 is 11.4 Å². The van der Waals surface area contributed by atoms with E-state index in [0.717, 1.165) is 0 Å². The molecule has 1 N–H and O–H groups in total. The van der Waals surface area contributed by atoms with Crippen LogP contribution in [0.15, 0.2) is 24.3 Å². The normalized spacial score (nSPS) is 14.5. The lowest BCUT2D eigenvalue weighted by atomic mass is 9.87. The molecular weight excluding hydrogens is 233 g/mol. The zero-order valence-corrected chi connectivity index (χ0v) is 11.1. The van der Waals surface area contributed by atoms with Crippen LogP contribution in [0, 0.1) is 11.2 Å². The third kappa shape index (κ3) is 3.53. The van der Waals surface area contributed by atoms with Gasteiger partial charge < -0.3 is 10.0 Å². The Labute approximate surface area is 107 Å². The predicted molar refractivity (Wildman–Crippen MR) is 68.8 cm³/mol. The largest absolute Gasteiger partial charge is 0.481 e. The van der Waals surface area contributed by atoms with Crippen molar-refractivity contribution in [2.45, 2.75) is 26.8 Å². The molecule has 0 bridgehead atoms. The molecular formula is C14H20FNO2. The van der Waals surface area contributed by atoms with E-state index in [2.05, 4.69) is 0 Å². The zero-order chi connectivity index (χ0) is 13.8. The van der Waals surface area contributed by atoms with Crippen LogP contribution in [0.5, 0.6) is 0 Å². The summed E-state index contributed by atoms with van der Waals surface area (Å²) in [5.74, 6) is -1.07. The second-order valence-electron chi connectivity index (χ2n) is 4.98. The summed E-state index contributed by atoms with van der Waals surface area (Å²) in [6.45, 7) is 4.38. The first-order valence-corrected chi connectivity index (χ1v) is 6.04. The van der Waals surface area contributed by atoms with Gasteiger partial charge in [0.05, 0.1) is 5.41 Å². The summed E-state index contributed by atoms with van der Waals surface area (Å²) in [4.78, 5) is 13.0. The summed E-state index contributed by atoms with van der Waals surface area (Å²) in [5.41, 5.74) is -0.205. The maximum absolute atomic E-state index is 13.5. The molecule has 0 aliphatic rings. The first-order chi connectivity index (χ1) is 8.39. The van der Waals surface area contributed by atoms with Gasteiger partial charge in [-0.15, -0.1) is 0 Å². The molecule has 0 aliphatic carbocycles. The van der Waals surface area contributed by atoms with E-state index >= 15 is 0 Å². The fourth-order valence-corrected chi connectivity index (χ4v) is 1.90. The number of carboxylic acid groups (broad SMARTS) is 1. The van der Waals surface area contributed by atoms with E-state index in [4.69, 9.17) is 0 Å². The number of rotatable bonds is 6. The number of benzene rings is 1. The van der Waals surface area contributed by atoms with Crippen LogP contribution in [0.2, 0.25) is 0 Å². The Morgan fingerprint density at radius 3 is 2.56 bits per heavy atom. The topological polar surface area (TPSA) is 40.5 Å². The quantitative estimate of drug-likeness (QED) is 0.847. The maximum Gasteiger partial charge on any atom is 0.310 e. The van der Waals surface area contributed by atoms with Crippen molar-refractivity contribution in [2.75, 3.05) is 13.6 Å². The van der Waals surface area contributed by atoms with Gasteiger partial charge in [0.15, 0.2) is 0 Å². The van der Waals surface area contributed by atoms with Crippen molar-refractivity contribution in [3.8, 4) is 0 Å². The summed E-state index contributed by atoms with van der Waals surface area (Å²) in [6.07, 6.45) is 0.546. The maximum atomic E-state index is 13.5. The molecule has 4 heteroatoms. The van der Waals surface area contributed by atoms with Gasteiger partial charge >= 0.3 is 5.97 Å². The van der Waals surface area contributed by atoms with Gasteiger partial charge in [0.2, 0.25) is 0 Å². The molecule has 0 aromatic heterocycles. The van der Waals surface area contributed by atoms with Crippen molar-refractivity contribution in [1.82, 2.24) is 4.90 Å². The lowest BCUT2D eigenvalue weighted by Gasteiger charge is -2.29. The fraction of sp³-hybridized carbons (Fsp3) is 0.500. The van der Waals surface area contributed by atoms with Crippen LogP contribution in [-0.2, 0) is 11.3 Å². The van der Waals surface area contributed by atoms with Gasteiger partial charge in [-0.25, -0.2) is 4.39 Å². The smallest absolute Gasteiger partial charge is 0.310 e. The van der Waals surface area contributed by atoms with Crippen LogP contribution in [0.4, 0.5) is 4.39 Å². The third-order valence-electron chi connectivity index (χ3n) is 3.31. The lowest BCUT2D eigenvalue weighted by Crippen LogP contribution is -2.39. The van der Waals surface area contributed by atoms with Crippen molar-refractivity contribution < 1.29 is 14.3 Å². The molecule has 0 saturated carbocycles. The molecule has 100 valence electrons. The molecule has 0 radical (unpaired) electrons. The second kappa shape index (κ2) is 5.96. The van der Waals surface area contributed by atoms with Crippen LogP contribution in [-0.4, -0.2) is 29.6 Å². The fourth-order valence-electron chi connectivity index (χ4n) is 1.90. The van der Waals surface area contributed by atoms with Crippen LogP contribution >= 0.6 is 0 Å². The average Bonchev–Trinajstić information content (AvgIpc) is 2.31. The summed E-state index contributed by atoms with van der Waals surface area (Å²) < 4.78 is 13.5. The Hall–Kier alpha value is -1.42. The van der Waals surface area contributed by atoms with Crippen LogP contribution < -0.4 is 0 Å². The van der Waals surface area contributed by atoms with Crippen molar-refractivity contribution in [3.63, 3.8) is 0 Å². The van der Waals surface area contributed by atoms with Crippen molar-refractivity contribution in [2.24, 2.45) is 5.41 Å². The number of hydrogen-bond donors (Lipinski definition) is 1. The highest BCUT2D eigenvalue weighted by Gasteiger charge is 2.32. The molecule has 0 aliphatic heterocycles. The highest BCUT2D eigenvalue weighted by Crippen LogP contribution is 2.23. The van der Waals surface area contributed by atoms with Gasteiger partial charge in [-0.2, -0.15) is 0 Å². The number of carboxylic acids is 1. The standard InChI is InChI=1S/C14H20FNO2/c1-4-14(2,13(17)18)10-16(3)9-11-7-5-6-8-12(11)15/h5-8H,4,9-10H2,1-3H3,(H,17,18). The van der Waals surface area contributed by atoms with Crippen molar-refractivity contribution >= 4 is 5.97 Å². The Morgan fingerprint density at radius 1 is 1.44 bits per heavy atom. The Morgan fingerprint density at radius 2 is 2.06 bits per heavy atom. The van der Waals surface area contributed by atoms with Crippen molar-refractivity contribution in [3.05, 3.63) is 35.6 Å². The van der Waals surface area contributed by atoms with Gasteiger partial charge in [-0.1, -0.05) is 25.1 Å². The minimum atomic E-state index is -0.814. The molecule has 1 unspecified atom stereocenters. The molecule has 18 heavy (non-hydrogen) atoms. The predicted octanol–water partition coefficient (Wildman–Crippen LogP) is 2.76. The third-order valence-corrected chi connectivity index (χ3v) is 3.31. The average molecular weight is 253 g/mol. The van der Waals surface area contributed by atoms with Gasteiger partial charge in [0.1, 0.15) is 5.82 Å². The molecule has 1 atom stereocenters. The van der Waals surface area contributed by atoms with Crippen LogP contribution in [0.1, 0.15) is 25.8 Å². The number of hydrogen-bond acceptors (Lipinski definition) is 2. The molecule has 0 fully saturated rings. The van der Waals surface area contributed by atoms with E-state index in [9.17, 15) is 14.3 Å².